The van der Waals surface area contributed by atoms with Crippen LogP contribution in [0.15, 0.2) is 23.8 Å². The molecule has 3 rings (SSSR count). The van der Waals surface area contributed by atoms with Crippen molar-refractivity contribution in [2.24, 2.45) is 0 Å². The van der Waals surface area contributed by atoms with Crippen LogP contribution in [-0.4, -0.2) is 42.2 Å². The van der Waals surface area contributed by atoms with Gasteiger partial charge >= 0.3 is 5.97 Å². The van der Waals surface area contributed by atoms with Crippen LogP contribution in [0, 0.1) is 10.1 Å². The molecular formula is C16H18N2O5. The van der Waals surface area contributed by atoms with Gasteiger partial charge in [-0.25, -0.2) is 4.79 Å². The minimum atomic E-state index is -0.503. The van der Waals surface area contributed by atoms with Gasteiger partial charge in [0.1, 0.15) is 5.75 Å². The molecule has 2 aliphatic rings. The molecule has 7 heteroatoms. The van der Waals surface area contributed by atoms with E-state index in [1.165, 1.54) is 25.7 Å². The highest BCUT2D eigenvalue weighted by atomic mass is 16.6. The molecule has 7 nitrogen and oxygen atoms in total. The first-order valence-electron chi connectivity index (χ1n) is 7.59. The van der Waals surface area contributed by atoms with Crippen molar-refractivity contribution in [3.8, 4) is 5.75 Å². The first-order valence-corrected chi connectivity index (χ1v) is 7.59. The molecule has 1 atom stereocenters. The van der Waals surface area contributed by atoms with Gasteiger partial charge in [0.25, 0.3) is 5.69 Å². The number of benzene rings is 1. The largest absolute Gasteiger partial charge is 0.470 e. The van der Waals surface area contributed by atoms with E-state index in [0.29, 0.717) is 16.9 Å². The Morgan fingerprint density at radius 1 is 1.35 bits per heavy atom. The Morgan fingerprint density at radius 3 is 2.74 bits per heavy atom. The lowest BCUT2D eigenvalue weighted by Gasteiger charge is -2.37. The van der Waals surface area contributed by atoms with Crippen LogP contribution in [-0.2, 0) is 9.53 Å². The lowest BCUT2D eigenvalue weighted by atomic mass is 10.0. The van der Waals surface area contributed by atoms with Gasteiger partial charge in [-0.3, -0.25) is 15.0 Å². The summed E-state index contributed by atoms with van der Waals surface area (Å²) in [4.78, 5) is 24.7. The number of nitro benzene ring substituents is 1. The van der Waals surface area contributed by atoms with Gasteiger partial charge in [-0.2, -0.15) is 0 Å². The predicted octanol–water partition coefficient (Wildman–Crippen LogP) is 2.36. The van der Waals surface area contributed by atoms with Crippen molar-refractivity contribution in [2.45, 2.75) is 25.5 Å². The second-order valence-corrected chi connectivity index (χ2v) is 5.64. The van der Waals surface area contributed by atoms with Gasteiger partial charge in [0, 0.05) is 30.8 Å². The first-order chi connectivity index (χ1) is 11.1. The highest BCUT2D eigenvalue weighted by molar-refractivity contribution is 5.96. The van der Waals surface area contributed by atoms with Crippen LogP contribution in [0.1, 0.15) is 24.8 Å². The van der Waals surface area contributed by atoms with E-state index in [1.54, 1.807) is 12.1 Å². The van der Waals surface area contributed by atoms with Crippen molar-refractivity contribution >= 4 is 17.7 Å². The van der Waals surface area contributed by atoms with Crippen molar-refractivity contribution in [1.82, 2.24) is 4.90 Å². The van der Waals surface area contributed by atoms with E-state index in [-0.39, 0.29) is 5.69 Å². The Morgan fingerprint density at radius 2 is 2.09 bits per heavy atom. The maximum absolute atomic E-state index is 12.1. The number of nitrogens with zero attached hydrogens (tertiary/aromatic N) is 2. The number of ether oxygens (including phenoxy) is 2. The molecule has 0 aromatic heterocycles. The Bertz CT molecular complexity index is 664. The van der Waals surface area contributed by atoms with E-state index in [1.807, 2.05) is 0 Å². The van der Waals surface area contributed by atoms with Crippen molar-refractivity contribution in [2.75, 3.05) is 20.2 Å². The molecule has 0 amide bonds. The minimum absolute atomic E-state index is 0.0377. The summed E-state index contributed by atoms with van der Waals surface area (Å²) in [7, 11) is 1.32. The van der Waals surface area contributed by atoms with Gasteiger partial charge in [-0.1, -0.05) is 6.42 Å². The van der Waals surface area contributed by atoms with Crippen molar-refractivity contribution in [3.63, 3.8) is 0 Å². The fourth-order valence-corrected chi connectivity index (χ4v) is 2.99. The summed E-state index contributed by atoms with van der Waals surface area (Å²) in [5.74, 6) is 0.0663. The van der Waals surface area contributed by atoms with Crippen LogP contribution >= 0.6 is 0 Å². The summed E-state index contributed by atoms with van der Waals surface area (Å²) in [6, 6.07) is 4.39. The number of likely N-dealkylation sites (tertiary alicyclic amines) is 1. The van der Waals surface area contributed by atoms with E-state index >= 15 is 0 Å². The van der Waals surface area contributed by atoms with E-state index < -0.39 is 17.1 Å². The van der Waals surface area contributed by atoms with Crippen LogP contribution in [0.3, 0.4) is 0 Å². The summed E-state index contributed by atoms with van der Waals surface area (Å²) in [6.45, 7) is 1.70. The number of fused-ring (bicyclic) bond motifs is 1. The molecule has 0 saturated carbocycles. The molecule has 0 bridgehead atoms. The maximum atomic E-state index is 12.1. The highest BCUT2D eigenvalue weighted by Crippen LogP contribution is 2.34. The van der Waals surface area contributed by atoms with Gasteiger partial charge in [0.2, 0.25) is 0 Å². The van der Waals surface area contributed by atoms with Crippen molar-refractivity contribution < 1.29 is 19.2 Å². The molecule has 23 heavy (non-hydrogen) atoms. The number of methoxy groups -OCH3 is 1. The van der Waals surface area contributed by atoms with Gasteiger partial charge in [-0.15, -0.1) is 0 Å². The molecule has 0 spiro atoms. The maximum Gasteiger partial charge on any atom is 0.338 e. The third-order valence-corrected chi connectivity index (χ3v) is 4.16. The van der Waals surface area contributed by atoms with Gasteiger partial charge < -0.3 is 9.47 Å². The van der Waals surface area contributed by atoms with Crippen LogP contribution in [0.4, 0.5) is 5.69 Å². The molecule has 1 aromatic rings. The lowest BCUT2D eigenvalue weighted by Crippen LogP contribution is -2.46. The number of carbonyl (C=O) groups excluding carboxylic acids is 1. The fraction of sp³-hybridized carbons (Fsp3) is 0.438. The van der Waals surface area contributed by atoms with Gasteiger partial charge in [-0.05, 0) is 25.0 Å². The third-order valence-electron chi connectivity index (χ3n) is 4.16. The lowest BCUT2D eigenvalue weighted by molar-refractivity contribution is -0.384. The third kappa shape index (κ3) is 3.05. The molecule has 0 radical (unpaired) electrons. The molecule has 0 N–H and O–H groups in total. The molecule has 2 heterocycles. The second kappa shape index (κ2) is 6.37. The Hall–Kier alpha value is -2.41. The van der Waals surface area contributed by atoms with Crippen LogP contribution in [0.25, 0.3) is 6.08 Å². The van der Waals surface area contributed by atoms with E-state index in [4.69, 9.17) is 9.47 Å². The zero-order valence-corrected chi connectivity index (χ0v) is 12.9. The molecule has 2 aliphatic heterocycles. The monoisotopic (exact) mass is 318 g/mol. The summed E-state index contributed by atoms with van der Waals surface area (Å²) >= 11 is 0. The van der Waals surface area contributed by atoms with Crippen molar-refractivity contribution in [3.05, 3.63) is 39.4 Å². The SMILES string of the molecule is COC(=O)C1=Cc2cc([N+](=O)[O-])ccc2OC1N1CCCCC1. The fourth-order valence-electron chi connectivity index (χ4n) is 2.99. The molecule has 1 fully saturated rings. The van der Waals surface area contributed by atoms with Gasteiger partial charge in [0.05, 0.1) is 17.6 Å². The summed E-state index contributed by atoms with van der Waals surface area (Å²) < 4.78 is 10.8. The van der Waals surface area contributed by atoms with Crippen LogP contribution in [0.2, 0.25) is 0 Å². The van der Waals surface area contributed by atoms with Crippen molar-refractivity contribution in [1.29, 1.82) is 0 Å². The number of piperidine rings is 1. The number of non-ortho nitro benzene ring substituents is 1. The second-order valence-electron chi connectivity index (χ2n) is 5.64. The molecular weight excluding hydrogens is 300 g/mol. The normalized spacial score (nSPS) is 20.9. The van der Waals surface area contributed by atoms with E-state index in [0.717, 1.165) is 25.9 Å². The highest BCUT2D eigenvalue weighted by Gasteiger charge is 2.34. The topological polar surface area (TPSA) is 81.9 Å². The smallest absolute Gasteiger partial charge is 0.338 e. The molecule has 1 aromatic carbocycles. The summed E-state index contributed by atoms with van der Waals surface area (Å²) in [5, 5.41) is 10.9. The molecule has 0 aliphatic carbocycles. The molecule has 122 valence electrons. The Kier molecular flexibility index (Phi) is 4.29. The minimum Gasteiger partial charge on any atom is -0.470 e. The van der Waals surface area contributed by atoms with Crippen LogP contribution in [0.5, 0.6) is 5.75 Å². The average molecular weight is 318 g/mol. The first kappa shape index (κ1) is 15.5. The number of nitro groups is 1. The number of carbonyl (C=O) groups is 1. The van der Waals surface area contributed by atoms with Gasteiger partial charge in [0.15, 0.2) is 6.23 Å². The Labute approximate surface area is 133 Å². The molecule has 1 unspecified atom stereocenters. The zero-order valence-electron chi connectivity index (χ0n) is 12.9. The predicted molar refractivity (Wildman–Crippen MR) is 82.9 cm³/mol. The molecule has 1 saturated heterocycles. The van der Waals surface area contributed by atoms with E-state index in [2.05, 4.69) is 4.90 Å². The van der Waals surface area contributed by atoms with Crippen LogP contribution < -0.4 is 4.74 Å². The standard InChI is InChI=1S/C16H18N2O5/c1-22-16(19)13-10-11-9-12(18(20)21)5-6-14(11)23-15(13)17-7-3-2-4-8-17/h5-6,9-10,15H,2-4,7-8H2,1H3. The zero-order chi connectivity index (χ0) is 16.4. The quantitative estimate of drug-likeness (QED) is 0.483. The summed E-state index contributed by atoms with van der Waals surface area (Å²) in [6.07, 6.45) is 4.42. The number of hydrogen-bond acceptors (Lipinski definition) is 6. The average Bonchev–Trinajstić information content (AvgIpc) is 2.60. The Balaban J connectivity index is 1.98. The number of rotatable bonds is 3. The summed E-state index contributed by atoms with van der Waals surface area (Å²) in [5.41, 5.74) is 0.861. The number of hydrogen-bond donors (Lipinski definition) is 0. The van der Waals surface area contributed by atoms with E-state index in [9.17, 15) is 14.9 Å². The number of esters is 1.